The molecule has 1 heterocycles. The van der Waals surface area contributed by atoms with Crippen LogP contribution in [0.15, 0.2) is 252 Å². The third-order valence-electron chi connectivity index (χ3n) is 13.4. The summed E-state index contributed by atoms with van der Waals surface area (Å²) in [6, 6.07) is 89.7. The van der Waals surface area contributed by atoms with Gasteiger partial charge in [-0.1, -0.05) is 163 Å². The molecule has 0 saturated heterocycles. The molecule has 0 bridgehead atoms. The highest BCUT2D eigenvalue weighted by molar-refractivity contribution is 7.99. The quantitative estimate of drug-likeness (QED) is 0.154. The number of benzene rings is 11. The Morgan fingerprint density at radius 3 is 1.42 bits per heavy atom. The van der Waals surface area contributed by atoms with Crippen LogP contribution in [0, 0.1) is 0 Å². The van der Waals surface area contributed by atoms with Gasteiger partial charge in [-0.3, -0.25) is 0 Å². The van der Waals surface area contributed by atoms with Crippen LogP contribution < -0.4 is 9.80 Å². The minimum absolute atomic E-state index is 0.650. The van der Waals surface area contributed by atoms with Gasteiger partial charge in [0.25, 0.3) is 0 Å². The van der Waals surface area contributed by atoms with Gasteiger partial charge in [-0.25, -0.2) is 0 Å². The van der Waals surface area contributed by atoms with Crippen LogP contribution in [0.4, 0.5) is 34.1 Å². The van der Waals surface area contributed by atoms with Crippen molar-refractivity contribution in [3.8, 4) is 11.1 Å². The largest absolute Gasteiger partial charge is 0.310 e. The molecule has 0 aromatic heterocycles. The van der Waals surface area contributed by atoms with E-state index in [0.717, 1.165) is 34.1 Å². The van der Waals surface area contributed by atoms with Crippen LogP contribution >= 0.6 is 11.8 Å². The van der Waals surface area contributed by atoms with Crippen molar-refractivity contribution in [2.45, 2.75) is 15.2 Å². The topological polar surface area (TPSA) is 6.48 Å². The maximum absolute atomic E-state index is 2.52. The predicted molar refractivity (Wildman–Crippen MR) is 270 cm³/mol. The van der Waals surface area contributed by atoms with Crippen molar-refractivity contribution in [2.24, 2.45) is 0 Å². The normalized spacial score (nSPS) is 14.6. The van der Waals surface area contributed by atoms with Gasteiger partial charge in [0.15, 0.2) is 0 Å². The van der Waals surface area contributed by atoms with Gasteiger partial charge in [-0.05, 0) is 157 Å². The van der Waals surface area contributed by atoms with E-state index < -0.39 is 5.41 Å². The number of anilines is 6. The highest BCUT2D eigenvalue weighted by Gasteiger charge is 2.52. The van der Waals surface area contributed by atoms with E-state index in [1.54, 1.807) is 0 Å². The molecule has 1 spiro atoms. The standard InChI is InChI=1S/C61H40N2S/c1-5-21-43(22-6-1)62(44-23-7-2-8-24-44)47-33-35-51-53(39-47)49-29-15-16-30-50(49)59-52-36-34-48(63(45-25-9-3-10-26-45)46-27-11-4-12-28-46)40-55(52)61(60(51)59)54-31-17-18-32-57(54)64-58-38-42-20-14-13-19-41(42)37-56(58)61/h1-40H. The number of para-hydroxylation sites is 4. The van der Waals surface area contributed by atoms with Crippen LogP contribution in [-0.4, -0.2) is 0 Å². The maximum atomic E-state index is 2.52. The first-order valence-electron chi connectivity index (χ1n) is 22.0. The molecule has 2 aliphatic rings. The van der Waals surface area contributed by atoms with Crippen molar-refractivity contribution >= 4 is 78.2 Å². The second-order valence-electron chi connectivity index (χ2n) is 16.8. The Labute approximate surface area is 377 Å². The summed E-state index contributed by atoms with van der Waals surface area (Å²) in [5, 5.41) is 7.52. The molecule has 0 N–H and O–H groups in total. The summed E-state index contributed by atoms with van der Waals surface area (Å²) in [6.45, 7) is 0. The van der Waals surface area contributed by atoms with Gasteiger partial charge < -0.3 is 9.80 Å². The third kappa shape index (κ3) is 5.48. The molecular weight excluding hydrogens is 793 g/mol. The highest BCUT2D eigenvalue weighted by Crippen LogP contribution is 2.66. The highest BCUT2D eigenvalue weighted by atomic mass is 32.2. The Morgan fingerprint density at radius 2 is 0.797 bits per heavy atom. The fourth-order valence-electron chi connectivity index (χ4n) is 10.8. The van der Waals surface area contributed by atoms with E-state index in [9.17, 15) is 0 Å². The Morgan fingerprint density at radius 1 is 0.297 bits per heavy atom. The van der Waals surface area contributed by atoms with Crippen LogP contribution in [0.5, 0.6) is 0 Å². The summed E-state index contributed by atoms with van der Waals surface area (Å²) in [7, 11) is 0. The molecule has 11 aromatic rings. The molecule has 0 radical (unpaired) electrons. The van der Waals surface area contributed by atoms with Gasteiger partial charge in [0.1, 0.15) is 0 Å². The zero-order valence-corrected chi connectivity index (χ0v) is 35.7. The number of hydrogen-bond donors (Lipinski definition) is 0. The summed E-state index contributed by atoms with van der Waals surface area (Å²) in [6.07, 6.45) is 0. The molecule has 0 amide bonds. The molecule has 2 nitrogen and oxygen atoms in total. The molecular formula is C61H40N2S. The molecule has 1 unspecified atom stereocenters. The van der Waals surface area contributed by atoms with E-state index in [-0.39, 0.29) is 0 Å². The average molecular weight is 833 g/mol. The first-order valence-corrected chi connectivity index (χ1v) is 22.8. The van der Waals surface area contributed by atoms with Crippen molar-refractivity contribution in [3.05, 3.63) is 265 Å². The molecule has 1 atom stereocenters. The molecule has 13 rings (SSSR count). The lowest BCUT2D eigenvalue weighted by Crippen LogP contribution is -2.32. The smallest absolute Gasteiger partial charge is 0.0742 e. The SMILES string of the molecule is c1ccc(N(c2ccccc2)c2ccc3c(c2)C2(c4ccccc4Sc4cc5ccccc5cc42)c2c-3c3ccccc3c3cc(N(c4ccccc4)c4ccccc4)ccc23)cc1. The Bertz CT molecular complexity index is 3510. The summed E-state index contributed by atoms with van der Waals surface area (Å²) in [4.78, 5) is 7.37. The molecule has 0 fully saturated rings. The van der Waals surface area contributed by atoms with Crippen molar-refractivity contribution in [2.75, 3.05) is 9.80 Å². The number of rotatable bonds is 6. The summed E-state index contributed by atoms with van der Waals surface area (Å²) >= 11 is 1.91. The second-order valence-corrected chi connectivity index (χ2v) is 17.9. The van der Waals surface area contributed by atoms with E-state index in [2.05, 4.69) is 252 Å². The first-order chi connectivity index (χ1) is 31.8. The van der Waals surface area contributed by atoms with E-state index in [1.807, 2.05) is 11.8 Å². The van der Waals surface area contributed by atoms with Gasteiger partial charge in [0.05, 0.1) is 5.41 Å². The van der Waals surface area contributed by atoms with E-state index >= 15 is 0 Å². The van der Waals surface area contributed by atoms with Crippen LogP contribution in [0.3, 0.4) is 0 Å². The Hall–Kier alpha value is -7.85. The van der Waals surface area contributed by atoms with Crippen LogP contribution in [0.1, 0.15) is 22.3 Å². The predicted octanol–water partition coefficient (Wildman–Crippen LogP) is 16.9. The van der Waals surface area contributed by atoms with Crippen molar-refractivity contribution in [3.63, 3.8) is 0 Å². The molecule has 64 heavy (non-hydrogen) atoms. The third-order valence-corrected chi connectivity index (χ3v) is 14.5. The number of fused-ring (bicyclic) bond motifs is 15. The lowest BCUT2D eigenvalue weighted by Gasteiger charge is -2.41. The first kappa shape index (κ1) is 36.8. The Kier molecular flexibility index (Phi) is 8.40. The van der Waals surface area contributed by atoms with E-state index in [1.165, 1.54) is 75.5 Å². The van der Waals surface area contributed by atoms with Gasteiger partial charge in [-0.2, -0.15) is 0 Å². The number of nitrogens with zero attached hydrogens (tertiary/aromatic N) is 2. The zero-order valence-electron chi connectivity index (χ0n) is 34.9. The average Bonchev–Trinajstić information content (AvgIpc) is 3.66. The Balaban J connectivity index is 1.18. The molecule has 1 aliphatic carbocycles. The van der Waals surface area contributed by atoms with Gasteiger partial charge in [-0.15, -0.1) is 0 Å². The molecule has 11 aromatic carbocycles. The molecule has 300 valence electrons. The van der Waals surface area contributed by atoms with Gasteiger partial charge >= 0.3 is 0 Å². The van der Waals surface area contributed by atoms with Crippen LogP contribution in [0.25, 0.3) is 43.4 Å². The minimum atomic E-state index is -0.650. The fraction of sp³-hybridized carbons (Fsp3) is 0.0164. The van der Waals surface area contributed by atoms with Gasteiger partial charge in [0.2, 0.25) is 0 Å². The monoisotopic (exact) mass is 832 g/mol. The molecule has 1 aliphatic heterocycles. The van der Waals surface area contributed by atoms with E-state index in [4.69, 9.17) is 0 Å². The second kappa shape index (κ2) is 14.6. The lowest BCUT2D eigenvalue weighted by atomic mass is 9.65. The van der Waals surface area contributed by atoms with Gasteiger partial charge in [0, 0.05) is 43.9 Å². The fourth-order valence-corrected chi connectivity index (χ4v) is 12.0. The summed E-state index contributed by atoms with van der Waals surface area (Å²) in [5.41, 5.74) is 14.0. The van der Waals surface area contributed by atoms with Crippen molar-refractivity contribution in [1.29, 1.82) is 0 Å². The number of hydrogen-bond acceptors (Lipinski definition) is 3. The minimum Gasteiger partial charge on any atom is -0.310 e. The lowest BCUT2D eigenvalue weighted by molar-refractivity contribution is 0.730. The zero-order chi connectivity index (χ0) is 42.2. The van der Waals surface area contributed by atoms with Crippen LogP contribution in [-0.2, 0) is 5.41 Å². The molecule has 3 heteroatoms. The summed E-state index contributed by atoms with van der Waals surface area (Å²) in [5.74, 6) is 0. The van der Waals surface area contributed by atoms with Crippen molar-refractivity contribution in [1.82, 2.24) is 0 Å². The van der Waals surface area contributed by atoms with E-state index in [0.29, 0.717) is 0 Å². The van der Waals surface area contributed by atoms with Crippen molar-refractivity contribution < 1.29 is 0 Å². The molecule has 0 saturated carbocycles. The van der Waals surface area contributed by atoms with Crippen LogP contribution in [0.2, 0.25) is 0 Å². The summed E-state index contributed by atoms with van der Waals surface area (Å²) < 4.78 is 0. The maximum Gasteiger partial charge on any atom is 0.0742 e.